The Balaban J connectivity index is 2.01. The number of ether oxygens (including phenoxy) is 1. The molecule has 0 aliphatic heterocycles. The maximum absolute atomic E-state index is 9.94. The van der Waals surface area contributed by atoms with Crippen LogP contribution in [0.3, 0.4) is 0 Å². The minimum atomic E-state index is 0.226. The van der Waals surface area contributed by atoms with Crippen LogP contribution in [0, 0.1) is 6.92 Å². The highest BCUT2D eigenvalue weighted by molar-refractivity contribution is 5.89. The minimum absolute atomic E-state index is 0.226. The summed E-state index contributed by atoms with van der Waals surface area (Å²) in [6, 6.07) is 15.1. The van der Waals surface area contributed by atoms with E-state index in [9.17, 15) is 5.11 Å². The Hall–Kier alpha value is -2.55. The van der Waals surface area contributed by atoms with Crippen LogP contribution in [0.25, 0.3) is 10.8 Å². The van der Waals surface area contributed by atoms with Gasteiger partial charge in [-0.15, -0.1) is 0 Å². The third-order valence-electron chi connectivity index (χ3n) is 3.00. The summed E-state index contributed by atoms with van der Waals surface area (Å²) in [5, 5.41) is 11.6. The van der Waals surface area contributed by atoms with Gasteiger partial charge in [0.2, 0.25) is 0 Å². The summed E-state index contributed by atoms with van der Waals surface area (Å²) < 4.78 is 5.75. The van der Waals surface area contributed by atoms with Crippen molar-refractivity contribution in [3.05, 3.63) is 60.4 Å². The quantitative estimate of drug-likeness (QED) is 0.747. The molecule has 3 rings (SSSR count). The number of nitrogens with zero attached hydrogens (tertiary/aromatic N) is 1. The molecule has 1 heterocycles. The van der Waals surface area contributed by atoms with Crippen LogP contribution in [0.1, 0.15) is 5.69 Å². The molecule has 0 atom stereocenters. The SMILES string of the molecule is Cc1ncc2cc(Oc3ccccc3)ccc2c1O. The monoisotopic (exact) mass is 251 g/mol. The maximum atomic E-state index is 9.94. The summed E-state index contributed by atoms with van der Waals surface area (Å²) in [5.41, 5.74) is 0.629. The Morgan fingerprint density at radius 2 is 1.79 bits per heavy atom. The number of benzene rings is 2. The van der Waals surface area contributed by atoms with Gasteiger partial charge in [-0.3, -0.25) is 4.98 Å². The Morgan fingerprint density at radius 1 is 1.00 bits per heavy atom. The first-order valence-electron chi connectivity index (χ1n) is 6.05. The van der Waals surface area contributed by atoms with Crippen LogP contribution < -0.4 is 4.74 Å². The van der Waals surface area contributed by atoms with Crippen molar-refractivity contribution in [3.8, 4) is 17.2 Å². The molecule has 3 heteroatoms. The first-order valence-corrected chi connectivity index (χ1v) is 6.05. The van der Waals surface area contributed by atoms with Gasteiger partial charge in [-0.05, 0) is 37.3 Å². The number of rotatable bonds is 2. The number of aromatic hydroxyl groups is 1. The van der Waals surface area contributed by atoms with Gasteiger partial charge < -0.3 is 9.84 Å². The zero-order chi connectivity index (χ0) is 13.2. The molecule has 0 aliphatic rings. The fourth-order valence-electron chi connectivity index (χ4n) is 1.97. The number of para-hydroxylation sites is 1. The first-order chi connectivity index (χ1) is 9.24. The number of aryl methyl sites for hydroxylation is 1. The summed E-state index contributed by atoms with van der Waals surface area (Å²) in [6.07, 6.45) is 1.74. The molecule has 3 nitrogen and oxygen atoms in total. The van der Waals surface area contributed by atoms with Gasteiger partial charge in [0.25, 0.3) is 0 Å². The van der Waals surface area contributed by atoms with Gasteiger partial charge in [0.1, 0.15) is 17.2 Å². The Morgan fingerprint density at radius 3 is 2.58 bits per heavy atom. The predicted molar refractivity (Wildman–Crippen MR) is 74.7 cm³/mol. The molecule has 0 bridgehead atoms. The van der Waals surface area contributed by atoms with Gasteiger partial charge in [0, 0.05) is 17.0 Å². The average Bonchev–Trinajstić information content (AvgIpc) is 2.44. The van der Waals surface area contributed by atoms with E-state index in [4.69, 9.17) is 4.74 Å². The number of hydrogen-bond donors (Lipinski definition) is 1. The Labute approximate surface area is 111 Å². The summed E-state index contributed by atoms with van der Waals surface area (Å²) in [5.74, 6) is 1.73. The van der Waals surface area contributed by atoms with Gasteiger partial charge in [-0.2, -0.15) is 0 Å². The Kier molecular flexibility index (Phi) is 2.80. The lowest BCUT2D eigenvalue weighted by Crippen LogP contribution is -1.87. The van der Waals surface area contributed by atoms with Crippen molar-refractivity contribution in [3.63, 3.8) is 0 Å². The topological polar surface area (TPSA) is 42.4 Å². The smallest absolute Gasteiger partial charge is 0.144 e. The van der Waals surface area contributed by atoms with Crippen molar-refractivity contribution < 1.29 is 9.84 Å². The number of fused-ring (bicyclic) bond motifs is 1. The van der Waals surface area contributed by atoms with Gasteiger partial charge in [-0.25, -0.2) is 0 Å². The summed E-state index contributed by atoms with van der Waals surface area (Å²) in [4.78, 5) is 4.15. The van der Waals surface area contributed by atoms with Crippen LogP contribution in [-0.2, 0) is 0 Å². The van der Waals surface area contributed by atoms with Gasteiger partial charge in [0.15, 0.2) is 0 Å². The fraction of sp³-hybridized carbons (Fsp3) is 0.0625. The largest absolute Gasteiger partial charge is 0.505 e. The summed E-state index contributed by atoms with van der Waals surface area (Å²) in [7, 11) is 0. The molecule has 0 spiro atoms. The maximum Gasteiger partial charge on any atom is 0.144 e. The molecule has 1 aromatic heterocycles. The number of hydrogen-bond acceptors (Lipinski definition) is 3. The Bertz CT molecular complexity index is 723. The summed E-state index contributed by atoms with van der Waals surface area (Å²) in [6.45, 7) is 1.78. The van der Waals surface area contributed by atoms with E-state index in [2.05, 4.69) is 4.98 Å². The number of aromatic nitrogens is 1. The first kappa shape index (κ1) is 11.5. The van der Waals surface area contributed by atoms with Crippen LogP contribution in [0.2, 0.25) is 0 Å². The van der Waals surface area contributed by atoms with Crippen molar-refractivity contribution in [2.45, 2.75) is 6.92 Å². The average molecular weight is 251 g/mol. The normalized spacial score (nSPS) is 10.6. The third-order valence-corrected chi connectivity index (χ3v) is 3.00. The standard InChI is InChI=1S/C16H13NO2/c1-11-16(18)15-8-7-14(9-12(15)10-17-11)19-13-5-3-2-4-6-13/h2-10,18H,1H3. The highest BCUT2D eigenvalue weighted by Gasteiger charge is 2.05. The molecule has 0 radical (unpaired) electrons. The minimum Gasteiger partial charge on any atom is -0.505 e. The van der Waals surface area contributed by atoms with Crippen molar-refractivity contribution in [2.75, 3.05) is 0 Å². The second-order valence-corrected chi connectivity index (χ2v) is 4.36. The van der Waals surface area contributed by atoms with Crippen LogP contribution in [0.5, 0.6) is 17.2 Å². The zero-order valence-electron chi connectivity index (χ0n) is 10.5. The zero-order valence-corrected chi connectivity index (χ0v) is 10.5. The molecular weight excluding hydrogens is 238 g/mol. The van der Waals surface area contributed by atoms with Crippen LogP contribution in [0.4, 0.5) is 0 Å². The van der Waals surface area contributed by atoms with E-state index in [1.807, 2.05) is 48.5 Å². The molecule has 0 unspecified atom stereocenters. The van der Waals surface area contributed by atoms with E-state index < -0.39 is 0 Å². The molecule has 0 amide bonds. The van der Waals surface area contributed by atoms with E-state index in [0.29, 0.717) is 5.69 Å². The van der Waals surface area contributed by atoms with Crippen LogP contribution in [-0.4, -0.2) is 10.1 Å². The van der Waals surface area contributed by atoms with E-state index in [1.165, 1.54) is 0 Å². The lowest BCUT2D eigenvalue weighted by atomic mass is 10.1. The molecule has 2 aromatic carbocycles. The van der Waals surface area contributed by atoms with E-state index in [1.54, 1.807) is 13.1 Å². The number of pyridine rings is 1. The molecule has 0 aliphatic carbocycles. The van der Waals surface area contributed by atoms with E-state index in [-0.39, 0.29) is 5.75 Å². The molecule has 0 saturated heterocycles. The van der Waals surface area contributed by atoms with E-state index >= 15 is 0 Å². The molecule has 0 fully saturated rings. The highest BCUT2D eigenvalue weighted by Crippen LogP contribution is 2.30. The molecule has 0 saturated carbocycles. The van der Waals surface area contributed by atoms with Crippen LogP contribution >= 0.6 is 0 Å². The van der Waals surface area contributed by atoms with E-state index in [0.717, 1.165) is 22.3 Å². The van der Waals surface area contributed by atoms with Gasteiger partial charge in [0.05, 0.1) is 5.69 Å². The molecule has 94 valence electrons. The second kappa shape index (κ2) is 4.61. The van der Waals surface area contributed by atoms with Crippen molar-refractivity contribution >= 4 is 10.8 Å². The van der Waals surface area contributed by atoms with Gasteiger partial charge >= 0.3 is 0 Å². The molecule has 3 aromatic rings. The summed E-state index contributed by atoms with van der Waals surface area (Å²) >= 11 is 0. The van der Waals surface area contributed by atoms with Crippen LogP contribution in [0.15, 0.2) is 54.7 Å². The van der Waals surface area contributed by atoms with Crippen molar-refractivity contribution in [1.29, 1.82) is 0 Å². The second-order valence-electron chi connectivity index (χ2n) is 4.36. The highest BCUT2D eigenvalue weighted by atomic mass is 16.5. The lowest BCUT2D eigenvalue weighted by molar-refractivity contribution is 0.473. The van der Waals surface area contributed by atoms with Gasteiger partial charge in [-0.1, -0.05) is 18.2 Å². The lowest BCUT2D eigenvalue weighted by Gasteiger charge is -2.08. The van der Waals surface area contributed by atoms with Crippen molar-refractivity contribution in [2.24, 2.45) is 0 Å². The fourth-order valence-corrected chi connectivity index (χ4v) is 1.97. The molecule has 19 heavy (non-hydrogen) atoms. The van der Waals surface area contributed by atoms with Crippen molar-refractivity contribution in [1.82, 2.24) is 4.98 Å². The predicted octanol–water partition coefficient (Wildman–Crippen LogP) is 4.04. The molecule has 1 N–H and O–H groups in total. The third kappa shape index (κ3) is 2.22. The molecular formula is C16H13NO2.